The number of thiazole rings is 1. The van der Waals surface area contributed by atoms with Crippen LogP contribution in [-0.2, 0) is 16.0 Å². The molecule has 0 unspecified atom stereocenters. The van der Waals surface area contributed by atoms with Gasteiger partial charge in [-0.15, -0.1) is 11.3 Å². The maximum atomic E-state index is 12.1. The number of aryl methyl sites for hydroxylation is 1. The van der Waals surface area contributed by atoms with Crippen molar-refractivity contribution in [3.63, 3.8) is 0 Å². The first-order chi connectivity index (χ1) is 11.6. The summed E-state index contributed by atoms with van der Waals surface area (Å²) in [5.74, 6) is -0.822. The average Bonchev–Trinajstić information content (AvgIpc) is 3.26. The SMILES string of the molecule is CCc1ccc(-c2nc(C(=O)O[C@@H](C)C(=O)NC3CC3)cs2)cc1. The normalized spacial score (nSPS) is 14.9. The molecule has 1 amide bonds. The highest BCUT2D eigenvalue weighted by molar-refractivity contribution is 7.13. The maximum Gasteiger partial charge on any atom is 0.358 e. The third-order valence-electron chi connectivity index (χ3n) is 3.90. The lowest BCUT2D eigenvalue weighted by atomic mass is 10.1. The molecule has 24 heavy (non-hydrogen) atoms. The first-order valence-electron chi connectivity index (χ1n) is 8.13. The fraction of sp³-hybridized carbons (Fsp3) is 0.389. The van der Waals surface area contributed by atoms with E-state index in [0.29, 0.717) is 0 Å². The summed E-state index contributed by atoms with van der Waals surface area (Å²) in [5.41, 5.74) is 2.46. The molecule has 0 saturated heterocycles. The van der Waals surface area contributed by atoms with E-state index < -0.39 is 12.1 Å². The number of ether oxygens (including phenoxy) is 1. The van der Waals surface area contributed by atoms with E-state index in [2.05, 4.69) is 29.4 Å². The van der Waals surface area contributed by atoms with Gasteiger partial charge in [0.05, 0.1) is 0 Å². The number of rotatable bonds is 6. The van der Waals surface area contributed by atoms with Gasteiger partial charge in [0.1, 0.15) is 5.01 Å². The van der Waals surface area contributed by atoms with Crippen molar-refractivity contribution in [2.45, 2.75) is 45.3 Å². The van der Waals surface area contributed by atoms with Gasteiger partial charge in [-0.1, -0.05) is 31.2 Å². The molecule has 0 radical (unpaired) electrons. The van der Waals surface area contributed by atoms with Gasteiger partial charge in [-0.3, -0.25) is 4.79 Å². The second-order valence-corrected chi connectivity index (χ2v) is 6.78. The average molecular weight is 344 g/mol. The van der Waals surface area contributed by atoms with Gasteiger partial charge in [-0.25, -0.2) is 9.78 Å². The summed E-state index contributed by atoms with van der Waals surface area (Å²) in [5, 5.41) is 5.25. The lowest BCUT2D eigenvalue weighted by Gasteiger charge is -2.12. The fourth-order valence-corrected chi connectivity index (χ4v) is 3.00. The fourth-order valence-electron chi connectivity index (χ4n) is 2.20. The van der Waals surface area contributed by atoms with E-state index in [1.165, 1.54) is 16.9 Å². The highest BCUT2D eigenvalue weighted by Gasteiger charge is 2.27. The van der Waals surface area contributed by atoms with Crippen molar-refractivity contribution in [3.8, 4) is 10.6 Å². The minimum Gasteiger partial charge on any atom is -0.448 e. The molecule has 1 aromatic carbocycles. The zero-order valence-electron chi connectivity index (χ0n) is 13.7. The quantitative estimate of drug-likeness (QED) is 0.817. The molecule has 3 rings (SSSR count). The summed E-state index contributed by atoms with van der Waals surface area (Å²) in [4.78, 5) is 28.3. The van der Waals surface area contributed by atoms with Gasteiger partial charge < -0.3 is 10.1 Å². The van der Waals surface area contributed by atoms with Gasteiger partial charge in [0.15, 0.2) is 11.8 Å². The molecule has 5 nitrogen and oxygen atoms in total. The molecular weight excluding hydrogens is 324 g/mol. The van der Waals surface area contributed by atoms with Crippen LogP contribution in [0.4, 0.5) is 0 Å². The van der Waals surface area contributed by atoms with Crippen LogP contribution in [0.3, 0.4) is 0 Å². The van der Waals surface area contributed by atoms with Crippen LogP contribution < -0.4 is 5.32 Å². The van der Waals surface area contributed by atoms with Gasteiger partial charge in [0.2, 0.25) is 0 Å². The molecule has 1 N–H and O–H groups in total. The topological polar surface area (TPSA) is 68.3 Å². The number of esters is 1. The van der Waals surface area contributed by atoms with E-state index in [4.69, 9.17) is 4.74 Å². The third-order valence-corrected chi connectivity index (χ3v) is 4.79. The molecule has 1 aromatic heterocycles. The Bertz CT molecular complexity index is 735. The molecule has 1 heterocycles. The molecule has 6 heteroatoms. The van der Waals surface area contributed by atoms with Crippen molar-refractivity contribution in [2.24, 2.45) is 0 Å². The molecular formula is C18H20N2O3S. The molecule has 2 aromatic rings. The summed E-state index contributed by atoms with van der Waals surface area (Å²) in [6, 6.07) is 8.35. The van der Waals surface area contributed by atoms with Crippen LogP contribution >= 0.6 is 11.3 Å². The lowest BCUT2D eigenvalue weighted by molar-refractivity contribution is -0.129. The zero-order valence-corrected chi connectivity index (χ0v) is 14.6. The molecule has 1 saturated carbocycles. The number of hydrogen-bond acceptors (Lipinski definition) is 5. The Hall–Kier alpha value is -2.21. The second-order valence-electron chi connectivity index (χ2n) is 5.92. The minimum absolute atomic E-state index is 0.237. The first kappa shape index (κ1) is 16.6. The van der Waals surface area contributed by atoms with E-state index in [0.717, 1.165) is 29.8 Å². The van der Waals surface area contributed by atoms with Crippen LogP contribution in [0.1, 0.15) is 42.7 Å². The summed E-state index contributed by atoms with van der Waals surface area (Å²) in [7, 11) is 0. The summed E-state index contributed by atoms with van der Waals surface area (Å²) >= 11 is 1.39. The Labute approximate surface area is 145 Å². The number of hydrogen-bond donors (Lipinski definition) is 1. The number of carbonyl (C=O) groups excluding carboxylic acids is 2. The molecule has 1 fully saturated rings. The number of nitrogens with zero attached hydrogens (tertiary/aromatic N) is 1. The van der Waals surface area contributed by atoms with Gasteiger partial charge in [-0.05, 0) is 31.7 Å². The van der Waals surface area contributed by atoms with Gasteiger partial charge in [0, 0.05) is 17.0 Å². The predicted octanol–water partition coefficient (Wildman–Crippen LogP) is 3.20. The summed E-state index contributed by atoms with van der Waals surface area (Å²) < 4.78 is 5.21. The van der Waals surface area contributed by atoms with Crippen molar-refractivity contribution < 1.29 is 14.3 Å². The molecule has 1 aliphatic rings. The summed E-state index contributed by atoms with van der Waals surface area (Å²) in [6.45, 7) is 3.68. The summed E-state index contributed by atoms with van der Waals surface area (Å²) in [6.07, 6.45) is 2.17. The van der Waals surface area contributed by atoms with E-state index in [1.807, 2.05) is 12.1 Å². The molecule has 0 bridgehead atoms. The second kappa shape index (κ2) is 7.13. The number of carbonyl (C=O) groups is 2. The van der Waals surface area contributed by atoms with E-state index >= 15 is 0 Å². The van der Waals surface area contributed by atoms with Crippen molar-refractivity contribution in [1.82, 2.24) is 10.3 Å². The standard InChI is InChI=1S/C18H20N2O3S/c1-3-12-4-6-13(7-5-12)17-20-15(10-24-17)18(22)23-11(2)16(21)19-14-8-9-14/h4-7,10-11,14H,3,8-9H2,1-2H3,(H,19,21)/t11-/m0/s1. The van der Waals surface area contributed by atoms with E-state index in [9.17, 15) is 9.59 Å². The van der Waals surface area contributed by atoms with Crippen molar-refractivity contribution in [2.75, 3.05) is 0 Å². The van der Waals surface area contributed by atoms with Gasteiger partial charge in [0.25, 0.3) is 5.91 Å². The number of amides is 1. The van der Waals surface area contributed by atoms with E-state index in [1.54, 1.807) is 12.3 Å². The zero-order chi connectivity index (χ0) is 17.1. The molecule has 1 aliphatic carbocycles. The molecule has 126 valence electrons. The predicted molar refractivity (Wildman–Crippen MR) is 93.0 cm³/mol. The minimum atomic E-state index is -0.813. The Morgan fingerprint density at radius 1 is 1.33 bits per heavy atom. The number of aromatic nitrogens is 1. The Morgan fingerprint density at radius 2 is 2.04 bits per heavy atom. The van der Waals surface area contributed by atoms with Crippen LogP contribution in [0.25, 0.3) is 10.6 Å². The lowest BCUT2D eigenvalue weighted by Crippen LogP contribution is -2.37. The van der Waals surface area contributed by atoms with E-state index in [-0.39, 0.29) is 17.6 Å². The number of benzene rings is 1. The molecule has 0 spiro atoms. The highest BCUT2D eigenvalue weighted by Crippen LogP contribution is 2.25. The maximum absolute atomic E-state index is 12.1. The molecule has 0 aliphatic heterocycles. The first-order valence-corrected chi connectivity index (χ1v) is 9.01. The third kappa shape index (κ3) is 4.00. The van der Waals surface area contributed by atoms with Crippen LogP contribution in [0, 0.1) is 0 Å². The monoisotopic (exact) mass is 344 g/mol. The van der Waals surface area contributed by atoms with Crippen molar-refractivity contribution in [3.05, 3.63) is 40.9 Å². The van der Waals surface area contributed by atoms with Gasteiger partial charge >= 0.3 is 5.97 Å². The smallest absolute Gasteiger partial charge is 0.358 e. The van der Waals surface area contributed by atoms with Crippen molar-refractivity contribution in [1.29, 1.82) is 0 Å². The van der Waals surface area contributed by atoms with Crippen LogP contribution in [0.5, 0.6) is 0 Å². The van der Waals surface area contributed by atoms with Crippen LogP contribution in [0.2, 0.25) is 0 Å². The molecule has 1 atom stereocenters. The van der Waals surface area contributed by atoms with Crippen LogP contribution in [-0.4, -0.2) is 29.0 Å². The number of nitrogens with one attached hydrogen (secondary N) is 1. The Morgan fingerprint density at radius 3 is 2.67 bits per heavy atom. The van der Waals surface area contributed by atoms with Crippen molar-refractivity contribution >= 4 is 23.2 Å². The highest BCUT2D eigenvalue weighted by atomic mass is 32.1. The largest absolute Gasteiger partial charge is 0.448 e. The Balaban J connectivity index is 1.63. The van der Waals surface area contributed by atoms with Crippen LogP contribution in [0.15, 0.2) is 29.6 Å². The van der Waals surface area contributed by atoms with Gasteiger partial charge in [-0.2, -0.15) is 0 Å². The Kier molecular flexibility index (Phi) is 4.94.